The maximum absolute atomic E-state index is 10.8. The first-order chi connectivity index (χ1) is 5.33. The van der Waals surface area contributed by atoms with Crippen molar-refractivity contribution in [1.29, 1.82) is 0 Å². The van der Waals surface area contributed by atoms with Gasteiger partial charge in [-0.05, 0) is 25.7 Å². The van der Waals surface area contributed by atoms with E-state index in [2.05, 4.69) is 5.32 Å². The Balaban J connectivity index is 1.96. The van der Waals surface area contributed by atoms with E-state index < -0.39 is 0 Å². The van der Waals surface area contributed by atoms with Gasteiger partial charge in [0.25, 0.3) is 0 Å². The Morgan fingerprint density at radius 1 is 1.64 bits per heavy atom. The van der Waals surface area contributed by atoms with Crippen molar-refractivity contribution in [2.45, 2.75) is 26.2 Å². The zero-order valence-corrected chi connectivity index (χ0v) is 6.93. The summed E-state index contributed by atoms with van der Waals surface area (Å²) in [6, 6.07) is 0. The van der Waals surface area contributed by atoms with Crippen LogP contribution in [-0.4, -0.2) is 19.2 Å². The van der Waals surface area contributed by atoms with Crippen molar-refractivity contribution in [3.8, 4) is 0 Å². The van der Waals surface area contributed by atoms with Gasteiger partial charge in [0.05, 0.1) is 6.61 Å². The van der Waals surface area contributed by atoms with Crippen LogP contribution in [0.25, 0.3) is 0 Å². The highest BCUT2D eigenvalue weighted by atomic mass is 16.5. The van der Waals surface area contributed by atoms with Crippen LogP contribution in [0, 0.1) is 5.92 Å². The van der Waals surface area contributed by atoms with E-state index in [1.165, 1.54) is 19.3 Å². The van der Waals surface area contributed by atoms with Crippen LogP contribution in [0.2, 0.25) is 0 Å². The molecule has 1 N–H and O–H groups in total. The van der Waals surface area contributed by atoms with E-state index in [0.717, 1.165) is 6.54 Å². The van der Waals surface area contributed by atoms with Crippen LogP contribution in [0.5, 0.6) is 0 Å². The second-order valence-electron chi connectivity index (χ2n) is 2.90. The molecule has 1 aliphatic rings. The Labute approximate surface area is 67.1 Å². The molecule has 64 valence electrons. The van der Waals surface area contributed by atoms with Crippen LogP contribution in [0.4, 0.5) is 4.79 Å². The highest BCUT2D eigenvalue weighted by Crippen LogP contribution is 2.24. The van der Waals surface area contributed by atoms with Crippen molar-refractivity contribution in [3.05, 3.63) is 0 Å². The van der Waals surface area contributed by atoms with Gasteiger partial charge in [0.1, 0.15) is 0 Å². The molecule has 0 spiro atoms. The fourth-order valence-electron chi connectivity index (χ4n) is 1.11. The lowest BCUT2D eigenvalue weighted by Gasteiger charge is -2.24. The first kappa shape index (κ1) is 8.37. The Morgan fingerprint density at radius 3 is 2.82 bits per heavy atom. The average molecular weight is 157 g/mol. The van der Waals surface area contributed by atoms with Crippen LogP contribution >= 0.6 is 0 Å². The zero-order valence-electron chi connectivity index (χ0n) is 6.93. The monoisotopic (exact) mass is 157 g/mol. The van der Waals surface area contributed by atoms with Gasteiger partial charge in [0.2, 0.25) is 0 Å². The highest BCUT2D eigenvalue weighted by molar-refractivity contribution is 5.67. The molecule has 0 aromatic rings. The number of hydrogen-bond donors (Lipinski definition) is 1. The van der Waals surface area contributed by atoms with Crippen molar-refractivity contribution in [1.82, 2.24) is 5.32 Å². The van der Waals surface area contributed by atoms with Gasteiger partial charge in [-0.3, -0.25) is 0 Å². The topological polar surface area (TPSA) is 38.3 Å². The minimum absolute atomic E-state index is 0.278. The second kappa shape index (κ2) is 4.21. The zero-order chi connectivity index (χ0) is 8.10. The number of carbonyl (C=O) groups is 1. The molecule has 1 fully saturated rings. The number of ether oxygens (including phenoxy) is 1. The third-order valence-corrected chi connectivity index (χ3v) is 2.04. The molecular formula is C8H15NO2. The lowest BCUT2D eigenvalue weighted by atomic mass is 9.85. The van der Waals surface area contributed by atoms with Crippen LogP contribution in [0.15, 0.2) is 0 Å². The summed E-state index contributed by atoms with van der Waals surface area (Å²) in [5, 5.41) is 2.72. The standard InChI is InChI=1S/C8H15NO2/c1-2-11-8(10)9-6-7-4-3-5-7/h7H,2-6H2,1H3,(H,9,10). The van der Waals surface area contributed by atoms with Gasteiger partial charge >= 0.3 is 6.09 Å². The molecule has 0 aromatic carbocycles. The molecule has 1 saturated carbocycles. The van der Waals surface area contributed by atoms with Crippen molar-refractivity contribution in [2.75, 3.05) is 13.2 Å². The molecule has 0 aliphatic heterocycles. The summed E-state index contributed by atoms with van der Waals surface area (Å²) < 4.78 is 4.71. The second-order valence-corrected chi connectivity index (χ2v) is 2.90. The maximum atomic E-state index is 10.8. The highest BCUT2D eigenvalue weighted by Gasteiger charge is 2.17. The summed E-state index contributed by atoms with van der Waals surface area (Å²) >= 11 is 0. The first-order valence-electron chi connectivity index (χ1n) is 4.23. The molecule has 3 nitrogen and oxygen atoms in total. The molecule has 0 atom stereocenters. The van der Waals surface area contributed by atoms with Crippen molar-refractivity contribution in [3.63, 3.8) is 0 Å². The summed E-state index contributed by atoms with van der Waals surface area (Å²) in [4.78, 5) is 10.8. The first-order valence-corrected chi connectivity index (χ1v) is 4.23. The predicted octanol–water partition coefficient (Wildman–Crippen LogP) is 1.53. The van der Waals surface area contributed by atoms with Crippen molar-refractivity contribution in [2.24, 2.45) is 5.92 Å². The van der Waals surface area contributed by atoms with E-state index in [-0.39, 0.29) is 6.09 Å². The molecule has 1 rings (SSSR count). The van der Waals surface area contributed by atoms with Crippen LogP contribution in [-0.2, 0) is 4.74 Å². The van der Waals surface area contributed by atoms with Gasteiger partial charge in [0.15, 0.2) is 0 Å². The third-order valence-electron chi connectivity index (χ3n) is 2.04. The fourth-order valence-corrected chi connectivity index (χ4v) is 1.11. The van der Waals surface area contributed by atoms with E-state index in [4.69, 9.17) is 4.74 Å². The van der Waals surface area contributed by atoms with Crippen LogP contribution < -0.4 is 5.32 Å². The molecule has 1 amide bonds. The molecule has 0 saturated heterocycles. The smallest absolute Gasteiger partial charge is 0.407 e. The molecule has 0 radical (unpaired) electrons. The normalized spacial score (nSPS) is 17.2. The van der Waals surface area contributed by atoms with E-state index in [0.29, 0.717) is 12.5 Å². The summed E-state index contributed by atoms with van der Waals surface area (Å²) in [5.74, 6) is 0.708. The lowest BCUT2D eigenvalue weighted by Crippen LogP contribution is -2.32. The summed E-state index contributed by atoms with van der Waals surface area (Å²) in [7, 11) is 0. The fraction of sp³-hybridized carbons (Fsp3) is 0.875. The molecule has 0 aromatic heterocycles. The molecule has 3 heteroatoms. The number of rotatable bonds is 3. The SMILES string of the molecule is CCOC(=O)NCC1CCC1. The summed E-state index contributed by atoms with van der Waals surface area (Å²) in [6.45, 7) is 3.05. The van der Waals surface area contributed by atoms with E-state index in [9.17, 15) is 4.79 Å². The number of carbonyl (C=O) groups excluding carboxylic acids is 1. The largest absolute Gasteiger partial charge is 0.450 e. The van der Waals surface area contributed by atoms with E-state index in [1.54, 1.807) is 0 Å². The summed E-state index contributed by atoms with van der Waals surface area (Å²) in [5.41, 5.74) is 0. The van der Waals surface area contributed by atoms with E-state index >= 15 is 0 Å². The summed E-state index contributed by atoms with van der Waals surface area (Å²) in [6.07, 6.45) is 3.55. The average Bonchev–Trinajstić information content (AvgIpc) is 1.85. The van der Waals surface area contributed by atoms with Gasteiger partial charge in [-0.2, -0.15) is 0 Å². The quantitative estimate of drug-likeness (QED) is 0.674. The van der Waals surface area contributed by atoms with Crippen LogP contribution in [0.1, 0.15) is 26.2 Å². The van der Waals surface area contributed by atoms with Crippen molar-refractivity contribution < 1.29 is 9.53 Å². The van der Waals surface area contributed by atoms with Crippen molar-refractivity contribution >= 4 is 6.09 Å². The molecule has 1 aliphatic carbocycles. The minimum Gasteiger partial charge on any atom is -0.450 e. The number of hydrogen-bond acceptors (Lipinski definition) is 2. The van der Waals surface area contributed by atoms with Gasteiger partial charge in [0, 0.05) is 6.54 Å². The Morgan fingerprint density at radius 2 is 2.36 bits per heavy atom. The Kier molecular flexibility index (Phi) is 3.20. The number of nitrogens with one attached hydrogen (secondary N) is 1. The molecule has 0 heterocycles. The number of amides is 1. The molecule has 0 bridgehead atoms. The maximum Gasteiger partial charge on any atom is 0.407 e. The minimum atomic E-state index is -0.278. The molecule has 11 heavy (non-hydrogen) atoms. The molecule has 0 unspecified atom stereocenters. The van der Waals surface area contributed by atoms with Gasteiger partial charge in [-0.15, -0.1) is 0 Å². The van der Waals surface area contributed by atoms with Crippen LogP contribution in [0.3, 0.4) is 0 Å². The van der Waals surface area contributed by atoms with Gasteiger partial charge < -0.3 is 10.1 Å². The number of alkyl carbamates (subject to hydrolysis) is 1. The van der Waals surface area contributed by atoms with E-state index in [1.807, 2.05) is 6.92 Å². The van der Waals surface area contributed by atoms with Gasteiger partial charge in [-0.25, -0.2) is 4.79 Å². The lowest BCUT2D eigenvalue weighted by molar-refractivity contribution is 0.147. The molecular weight excluding hydrogens is 142 g/mol. The third kappa shape index (κ3) is 2.78. The predicted molar refractivity (Wildman–Crippen MR) is 42.4 cm³/mol. The Bertz CT molecular complexity index is 132. The van der Waals surface area contributed by atoms with Gasteiger partial charge in [-0.1, -0.05) is 6.42 Å². The Hall–Kier alpha value is -0.730.